The molecule has 0 bridgehead atoms. The standard InChI is InChI=1S/C7H15NO5S/c1-6(9)2-4-8-14(12,13)5-3-7(10)11/h6,8-9H,2-5H2,1H3,(H,10,11). The number of aliphatic carboxylic acids is 1. The molecule has 6 nitrogen and oxygen atoms in total. The lowest BCUT2D eigenvalue weighted by Crippen LogP contribution is -2.29. The van der Waals surface area contributed by atoms with Crippen LogP contribution in [0, 0.1) is 0 Å². The number of hydrogen-bond donors (Lipinski definition) is 3. The molecule has 0 aromatic heterocycles. The van der Waals surface area contributed by atoms with Crippen LogP contribution in [0.1, 0.15) is 19.8 Å². The minimum absolute atomic E-state index is 0.125. The number of rotatable bonds is 7. The van der Waals surface area contributed by atoms with Crippen LogP contribution in [0.5, 0.6) is 0 Å². The highest BCUT2D eigenvalue weighted by Gasteiger charge is 2.12. The molecule has 0 heterocycles. The summed E-state index contributed by atoms with van der Waals surface area (Å²) in [4.78, 5) is 10.1. The molecule has 0 aromatic carbocycles. The first-order valence-electron chi connectivity index (χ1n) is 4.20. The fourth-order valence-corrected chi connectivity index (χ4v) is 1.73. The number of carboxylic acids is 1. The average Bonchev–Trinajstić information content (AvgIpc) is 2.00. The second-order valence-electron chi connectivity index (χ2n) is 2.99. The first-order chi connectivity index (χ1) is 6.33. The predicted octanol–water partition coefficient (Wildman–Crippen LogP) is -0.849. The molecule has 84 valence electrons. The monoisotopic (exact) mass is 225 g/mol. The number of carbonyl (C=O) groups is 1. The molecule has 0 spiro atoms. The van der Waals surface area contributed by atoms with Crippen LogP contribution in [0.15, 0.2) is 0 Å². The summed E-state index contributed by atoms with van der Waals surface area (Å²) in [5.41, 5.74) is 0. The Hall–Kier alpha value is -0.660. The van der Waals surface area contributed by atoms with Gasteiger partial charge in [0.2, 0.25) is 10.0 Å². The van der Waals surface area contributed by atoms with Crippen molar-refractivity contribution in [2.45, 2.75) is 25.9 Å². The van der Waals surface area contributed by atoms with Gasteiger partial charge in [-0.15, -0.1) is 0 Å². The highest BCUT2D eigenvalue weighted by atomic mass is 32.2. The summed E-state index contributed by atoms with van der Waals surface area (Å²) in [7, 11) is -3.51. The lowest BCUT2D eigenvalue weighted by molar-refractivity contribution is -0.136. The summed E-state index contributed by atoms with van der Waals surface area (Å²) in [6, 6.07) is 0. The SMILES string of the molecule is CC(O)CCNS(=O)(=O)CCC(=O)O. The molecule has 0 rings (SSSR count). The van der Waals surface area contributed by atoms with Crippen LogP contribution in [-0.4, -0.2) is 43.0 Å². The minimum atomic E-state index is -3.51. The van der Waals surface area contributed by atoms with Crippen molar-refractivity contribution >= 4 is 16.0 Å². The number of nitrogens with one attached hydrogen (secondary N) is 1. The zero-order valence-corrected chi connectivity index (χ0v) is 8.75. The molecule has 0 aliphatic rings. The van der Waals surface area contributed by atoms with Crippen molar-refractivity contribution in [3.05, 3.63) is 0 Å². The highest BCUT2D eigenvalue weighted by molar-refractivity contribution is 7.89. The van der Waals surface area contributed by atoms with Gasteiger partial charge in [0.05, 0.1) is 18.3 Å². The van der Waals surface area contributed by atoms with Crippen LogP contribution in [0.2, 0.25) is 0 Å². The Bertz CT molecular complexity index is 272. The van der Waals surface area contributed by atoms with E-state index in [2.05, 4.69) is 4.72 Å². The van der Waals surface area contributed by atoms with Crippen molar-refractivity contribution in [1.29, 1.82) is 0 Å². The predicted molar refractivity (Wildman–Crippen MR) is 50.3 cm³/mol. The Morgan fingerprint density at radius 1 is 1.50 bits per heavy atom. The molecule has 1 atom stereocenters. The van der Waals surface area contributed by atoms with Gasteiger partial charge in [-0.3, -0.25) is 4.79 Å². The summed E-state index contributed by atoms with van der Waals surface area (Å²) in [5, 5.41) is 17.1. The Labute approximate surface area is 83.0 Å². The van der Waals surface area contributed by atoms with Crippen LogP contribution < -0.4 is 4.72 Å². The largest absolute Gasteiger partial charge is 0.481 e. The van der Waals surface area contributed by atoms with Crippen LogP contribution >= 0.6 is 0 Å². The third-order valence-corrected chi connectivity index (χ3v) is 2.85. The molecule has 14 heavy (non-hydrogen) atoms. The van der Waals surface area contributed by atoms with Gasteiger partial charge in [0.15, 0.2) is 0 Å². The van der Waals surface area contributed by atoms with Gasteiger partial charge < -0.3 is 10.2 Å². The summed E-state index contributed by atoms with van der Waals surface area (Å²) < 4.78 is 24.3. The molecule has 0 saturated heterocycles. The molecule has 3 N–H and O–H groups in total. The number of carboxylic acid groups (broad SMARTS) is 1. The van der Waals surface area contributed by atoms with Crippen molar-refractivity contribution in [3.63, 3.8) is 0 Å². The van der Waals surface area contributed by atoms with E-state index < -0.39 is 34.3 Å². The third kappa shape index (κ3) is 7.96. The molecule has 0 amide bonds. The number of aliphatic hydroxyl groups is 1. The fraction of sp³-hybridized carbons (Fsp3) is 0.857. The van der Waals surface area contributed by atoms with Gasteiger partial charge in [-0.1, -0.05) is 0 Å². The summed E-state index contributed by atoms with van der Waals surface area (Å²) in [6.45, 7) is 1.67. The van der Waals surface area contributed by atoms with Crippen LogP contribution in [-0.2, 0) is 14.8 Å². The molecular weight excluding hydrogens is 210 g/mol. The van der Waals surface area contributed by atoms with Gasteiger partial charge in [-0.2, -0.15) is 0 Å². The van der Waals surface area contributed by atoms with Crippen molar-refractivity contribution in [2.24, 2.45) is 0 Å². The molecule has 1 unspecified atom stereocenters. The first kappa shape index (κ1) is 13.3. The second kappa shape index (κ2) is 5.94. The lowest BCUT2D eigenvalue weighted by Gasteiger charge is -2.06. The number of aliphatic hydroxyl groups excluding tert-OH is 1. The zero-order valence-electron chi connectivity index (χ0n) is 7.93. The molecule has 0 fully saturated rings. The summed E-state index contributed by atoms with van der Waals surface area (Å²) >= 11 is 0. The van der Waals surface area contributed by atoms with Gasteiger partial charge in [-0.25, -0.2) is 13.1 Å². The van der Waals surface area contributed by atoms with Gasteiger partial charge in [0.1, 0.15) is 0 Å². The minimum Gasteiger partial charge on any atom is -0.481 e. The van der Waals surface area contributed by atoms with E-state index in [1.807, 2.05) is 0 Å². The topological polar surface area (TPSA) is 104 Å². The smallest absolute Gasteiger partial charge is 0.304 e. The highest BCUT2D eigenvalue weighted by Crippen LogP contribution is 1.92. The molecule has 0 aliphatic carbocycles. The van der Waals surface area contributed by atoms with Gasteiger partial charge >= 0.3 is 5.97 Å². The Kier molecular flexibility index (Phi) is 5.66. The molecule has 0 radical (unpaired) electrons. The third-order valence-electron chi connectivity index (χ3n) is 1.47. The van der Waals surface area contributed by atoms with E-state index in [-0.39, 0.29) is 6.54 Å². The normalized spacial score (nSPS) is 13.9. The Morgan fingerprint density at radius 2 is 2.07 bits per heavy atom. The summed E-state index contributed by atoms with van der Waals surface area (Å²) in [5.74, 6) is -1.58. The molecule has 0 saturated carbocycles. The van der Waals surface area contributed by atoms with E-state index in [1.165, 1.54) is 0 Å². The average molecular weight is 225 g/mol. The van der Waals surface area contributed by atoms with Crippen LogP contribution in [0.4, 0.5) is 0 Å². The fourth-order valence-electron chi connectivity index (χ4n) is 0.717. The molecule has 7 heteroatoms. The Balaban J connectivity index is 3.79. The zero-order chi connectivity index (χ0) is 11.2. The first-order valence-corrected chi connectivity index (χ1v) is 5.86. The number of sulfonamides is 1. The van der Waals surface area contributed by atoms with Gasteiger partial charge in [0.25, 0.3) is 0 Å². The van der Waals surface area contributed by atoms with Crippen molar-refractivity contribution < 1.29 is 23.4 Å². The maximum absolute atomic E-state index is 11.1. The van der Waals surface area contributed by atoms with Crippen molar-refractivity contribution in [2.75, 3.05) is 12.3 Å². The summed E-state index contributed by atoms with van der Waals surface area (Å²) in [6.07, 6.45) is -0.673. The molecule has 0 aliphatic heterocycles. The number of hydrogen-bond acceptors (Lipinski definition) is 4. The Morgan fingerprint density at radius 3 is 2.50 bits per heavy atom. The van der Waals surface area contributed by atoms with Crippen molar-refractivity contribution in [3.8, 4) is 0 Å². The van der Waals surface area contributed by atoms with Crippen LogP contribution in [0.25, 0.3) is 0 Å². The van der Waals surface area contributed by atoms with Crippen LogP contribution in [0.3, 0.4) is 0 Å². The van der Waals surface area contributed by atoms with Gasteiger partial charge in [0, 0.05) is 6.54 Å². The molecule has 0 aromatic rings. The van der Waals surface area contributed by atoms with Gasteiger partial charge in [-0.05, 0) is 13.3 Å². The van der Waals surface area contributed by atoms with E-state index in [9.17, 15) is 13.2 Å². The van der Waals surface area contributed by atoms with E-state index in [0.29, 0.717) is 6.42 Å². The van der Waals surface area contributed by atoms with E-state index in [0.717, 1.165) is 0 Å². The van der Waals surface area contributed by atoms with Crippen molar-refractivity contribution in [1.82, 2.24) is 4.72 Å². The second-order valence-corrected chi connectivity index (χ2v) is 4.92. The van der Waals surface area contributed by atoms with E-state index in [4.69, 9.17) is 10.2 Å². The lowest BCUT2D eigenvalue weighted by atomic mass is 10.3. The maximum Gasteiger partial charge on any atom is 0.304 e. The van der Waals surface area contributed by atoms with E-state index >= 15 is 0 Å². The molecular formula is C7H15NO5S. The maximum atomic E-state index is 11.1. The quantitative estimate of drug-likeness (QED) is 0.523. The van der Waals surface area contributed by atoms with E-state index in [1.54, 1.807) is 6.92 Å².